The molecule has 0 bridgehead atoms. The van der Waals surface area contributed by atoms with Gasteiger partial charge >= 0.3 is 0 Å². The van der Waals surface area contributed by atoms with Crippen LogP contribution in [0, 0.1) is 24.0 Å². The molecule has 0 saturated heterocycles. The fourth-order valence-corrected chi connectivity index (χ4v) is 3.33. The fourth-order valence-electron chi connectivity index (χ4n) is 2.39. The van der Waals surface area contributed by atoms with E-state index in [-0.39, 0.29) is 11.6 Å². The van der Waals surface area contributed by atoms with Gasteiger partial charge in [-0.3, -0.25) is 14.9 Å². The van der Waals surface area contributed by atoms with E-state index in [1.807, 2.05) is 32.0 Å². The molecule has 5 nitrogen and oxygen atoms in total. The standard InChI is InChI=1S/C17H14N2O3S/c1-10-3-5-14(11(2)7-10)18-17(20)16-9-12-8-13(19(21)22)4-6-15(12)23-16/h3-9H,1-2H3,(H,18,20). The molecule has 0 aliphatic rings. The highest BCUT2D eigenvalue weighted by Gasteiger charge is 2.14. The number of nitrogens with zero attached hydrogens (tertiary/aromatic N) is 1. The SMILES string of the molecule is Cc1ccc(NC(=O)c2cc3cc([N+](=O)[O-])ccc3s2)c(C)c1. The van der Waals surface area contributed by atoms with Crippen molar-refractivity contribution in [1.82, 2.24) is 0 Å². The summed E-state index contributed by atoms with van der Waals surface area (Å²) < 4.78 is 0.848. The second-order valence-electron chi connectivity index (χ2n) is 5.36. The number of nitro benzene ring substituents is 1. The van der Waals surface area contributed by atoms with Crippen molar-refractivity contribution in [3.05, 3.63) is 68.6 Å². The summed E-state index contributed by atoms with van der Waals surface area (Å²) in [6, 6.07) is 12.1. The molecular weight excluding hydrogens is 312 g/mol. The molecule has 6 heteroatoms. The highest BCUT2D eigenvalue weighted by Crippen LogP contribution is 2.29. The lowest BCUT2D eigenvalue weighted by Gasteiger charge is -2.07. The minimum atomic E-state index is -0.438. The largest absolute Gasteiger partial charge is 0.321 e. The molecule has 0 saturated carbocycles. The Morgan fingerprint density at radius 3 is 2.61 bits per heavy atom. The average Bonchev–Trinajstić information content (AvgIpc) is 2.93. The lowest BCUT2D eigenvalue weighted by molar-refractivity contribution is -0.384. The molecule has 116 valence electrons. The molecule has 1 aromatic heterocycles. The Balaban J connectivity index is 1.90. The predicted octanol–water partition coefficient (Wildman–Crippen LogP) is 4.68. The topological polar surface area (TPSA) is 72.2 Å². The number of fused-ring (bicyclic) bond motifs is 1. The van der Waals surface area contributed by atoms with Crippen molar-refractivity contribution >= 4 is 38.7 Å². The van der Waals surface area contributed by atoms with Gasteiger partial charge in [-0.05, 0) is 37.6 Å². The number of anilines is 1. The lowest BCUT2D eigenvalue weighted by Crippen LogP contribution is -2.11. The third-order valence-electron chi connectivity index (χ3n) is 3.56. The Labute approximate surface area is 136 Å². The molecule has 0 aliphatic carbocycles. The number of thiophene rings is 1. The van der Waals surface area contributed by atoms with Gasteiger partial charge in [0, 0.05) is 27.9 Å². The first-order valence-electron chi connectivity index (χ1n) is 7.00. The molecule has 3 aromatic rings. The van der Waals surface area contributed by atoms with Crippen molar-refractivity contribution in [2.24, 2.45) is 0 Å². The quantitative estimate of drug-likeness (QED) is 0.561. The van der Waals surface area contributed by atoms with E-state index in [1.54, 1.807) is 12.1 Å². The van der Waals surface area contributed by atoms with Gasteiger partial charge in [0.05, 0.1) is 9.80 Å². The van der Waals surface area contributed by atoms with E-state index in [0.29, 0.717) is 10.3 Å². The Hall–Kier alpha value is -2.73. The number of non-ortho nitro benzene ring substituents is 1. The summed E-state index contributed by atoms with van der Waals surface area (Å²) in [5.74, 6) is -0.208. The van der Waals surface area contributed by atoms with Gasteiger partial charge in [0.25, 0.3) is 11.6 Å². The monoisotopic (exact) mass is 326 g/mol. The van der Waals surface area contributed by atoms with Crippen LogP contribution in [-0.4, -0.2) is 10.8 Å². The molecule has 3 rings (SSSR count). The van der Waals surface area contributed by atoms with Gasteiger partial charge in [0.1, 0.15) is 0 Å². The molecule has 0 aliphatic heterocycles. The summed E-state index contributed by atoms with van der Waals surface area (Å²) in [4.78, 5) is 23.3. The van der Waals surface area contributed by atoms with Gasteiger partial charge in [-0.25, -0.2) is 0 Å². The van der Waals surface area contributed by atoms with E-state index >= 15 is 0 Å². The Morgan fingerprint density at radius 1 is 1.13 bits per heavy atom. The number of carbonyl (C=O) groups is 1. The van der Waals surface area contributed by atoms with Crippen LogP contribution in [0.4, 0.5) is 11.4 Å². The Kier molecular flexibility index (Phi) is 3.83. The normalized spacial score (nSPS) is 10.7. The molecule has 0 unspecified atom stereocenters. The van der Waals surface area contributed by atoms with Gasteiger partial charge < -0.3 is 5.32 Å². The van der Waals surface area contributed by atoms with Gasteiger partial charge in [-0.2, -0.15) is 0 Å². The van der Waals surface area contributed by atoms with E-state index in [4.69, 9.17) is 0 Å². The van der Waals surface area contributed by atoms with Crippen LogP contribution < -0.4 is 5.32 Å². The van der Waals surface area contributed by atoms with Crippen LogP contribution in [0.2, 0.25) is 0 Å². The third kappa shape index (κ3) is 3.07. The number of hydrogen-bond acceptors (Lipinski definition) is 4. The van der Waals surface area contributed by atoms with Crippen LogP contribution in [0.1, 0.15) is 20.8 Å². The maximum absolute atomic E-state index is 12.4. The third-order valence-corrected chi connectivity index (χ3v) is 4.68. The van der Waals surface area contributed by atoms with Crippen molar-refractivity contribution < 1.29 is 9.72 Å². The number of nitro groups is 1. The van der Waals surface area contributed by atoms with Crippen LogP contribution >= 0.6 is 11.3 Å². The number of benzene rings is 2. The molecule has 1 heterocycles. The van der Waals surface area contributed by atoms with Crippen LogP contribution in [0.5, 0.6) is 0 Å². The van der Waals surface area contributed by atoms with Crippen molar-refractivity contribution in [2.45, 2.75) is 13.8 Å². The fraction of sp³-hybridized carbons (Fsp3) is 0.118. The summed E-state index contributed by atoms with van der Waals surface area (Å²) in [5, 5.41) is 14.4. The van der Waals surface area contributed by atoms with Crippen LogP contribution in [-0.2, 0) is 0 Å². The average molecular weight is 326 g/mol. The minimum absolute atomic E-state index is 0.0247. The summed E-state index contributed by atoms with van der Waals surface area (Å²) >= 11 is 1.32. The summed E-state index contributed by atoms with van der Waals surface area (Å²) in [5.41, 5.74) is 2.92. The van der Waals surface area contributed by atoms with Gasteiger partial charge in [0.15, 0.2) is 0 Å². The number of nitrogens with one attached hydrogen (secondary N) is 1. The number of hydrogen-bond donors (Lipinski definition) is 1. The van der Waals surface area contributed by atoms with Crippen LogP contribution in [0.25, 0.3) is 10.1 Å². The number of amides is 1. The molecule has 1 amide bonds. The molecule has 23 heavy (non-hydrogen) atoms. The van der Waals surface area contributed by atoms with Crippen molar-refractivity contribution in [3.8, 4) is 0 Å². The molecule has 1 N–H and O–H groups in total. The lowest BCUT2D eigenvalue weighted by atomic mass is 10.1. The van der Waals surface area contributed by atoms with Crippen molar-refractivity contribution in [1.29, 1.82) is 0 Å². The first-order chi connectivity index (χ1) is 10.9. The molecule has 0 radical (unpaired) electrons. The number of aryl methyl sites for hydroxylation is 2. The minimum Gasteiger partial charge on any atom is -0.321 e. The summed E-state index contributed by atoms with van der Waals surface area (Å²) in [6.45, 7) is 3.94. The second kappa shape index (κ2) is 5.81. The van der Waals surface area contributed by atoms with Crippen LogP contribution in [0.15, 0.2) is 42.5 Å². The zero-order valence-electron chi connectivity index (χ0n) is 12.6. The van der Waals surface area contributed by atoms with Gasteiger partial charge in [0.2, 0.25) is 0 Å². The zero-order chi connectivity index (χ0) is 16.6. The number of rotatable bonds is 3. The van der Waals surface area contributed by atoms with Crippen LogP contribution in [0.3, 0.4) is 0 Å². The molecule has 0 fully saturated rings. The van der Waals surface area contributed by atoms with E-state index in [0.717, 1.165) is 21.5 Å². The second-order valence-corrected chi connectivity index (χ2v) is 6.45. The molecule has 2 aromatic carbocycles. The van der Waals surface area contributed by atoms with E-state index in [2.05, 4.69) is 5.32 Å². The number of carbonyl (C=O) groups excluding carboxylic acids is 1. The molecule has 0 spiro atoms. The zero-order valence-corrected chi connectivity index (χ0v) is 13.4. The van der Waals surface area contributed by atoms with Crippen molar-refractivity contribution in [3.63, 3.8) is 0 Å². The molecular formula is C17H14N2O3S. The maximum atomic E-state index is 12.4. The van der Waals surface area contributed by atoms with E-state index in [9.17, 15) is 14.9 Å². The predicted molar refractivity (Wildman–Crippen MR) is 92.3 cm³/mol. The molecule has 0 atom stereocenters. The van der Waals surface area contributed by atoms with E-state index in [1.165, 1.54) is 23.5 Å². The summed E-state index contributed by atoms with van der Waals surface area (Å²) in [6.07, 6.45) is 0. The highest BCUT2D eigenvalue weighted by atomic mass is 32.1. The maximum Gasteiger partial charge on any atom is 0.270 e. The smallest absolute Gasteiger partial charge is 0.270 e. The first kappa shape index (κ1) is 15.2. The van der Waals surface area contributed by atoms with Gasteiger partial charge in [-0.15, -0.1) is 11.3 Å². The Bertz CT molecular complexity index is 931. The Morgan fingerprint density at radius 2 is 1.91 bits per heavy atom. The van der Waals surface area contributed by atoms with Crippen molar-refractivity contribution in [2.75, 3.05) is 5.32 Å². The van der Waals surface area contributed by atoms with E-state index < -0.39 is 4.92 Å². The summed E-state index contributed by atoms with van der Waals surface area (Å²) in [7, 11) is 0. The highest BCUT2D eigenvalue weighted by molar-refractivity contribution is 7.20. The first-order valence-corrected chi connectivity index (χ1v) is 7.82. The van der Waals surface area contributed by atoms with Gasteiger partial charge in [-0.1, -0.05) is 17.7 Å².